The van der Waals surface area contributed by atoms with Gasteiger partial charge in [-0.2, -0.15) is 0 Å². The molecule has 0 spiro atoms. The van der Waals surface area contributed by atoms with E-state index in [2.05, 4.69) is 75.4 Å². The number of rotatable bonds is 1. The molecule has 0 bridgehead atoms. The molecule has 0 saturated heterocycles. The third kappa shape index (κ3) is 2.04. The first kappa shape index (κ1) is 12.0. The lowest BCUT2D eigenvalue weighted by Gasteiger charge is -2.11. The van der Waals surface area contributed by atoms with Gasteiger partial charge in [0, 0.05) is 0 Å². The van der Waals surface area contributed by atoms with Crippen molar-refractivity contribution in [3.05, 3.63) is 71.3 Å². The van der Waals surface area contributed by atoms with Crippen molar-refractivity contribution in [2.45, 2.75) is 20.8 Å². The third-order valence-electron chi connectivity index (χ3n) is 4.03. The fourth-order valence-electron chi connectivity index (χ4n) is 2.67. The molecule has 0 aliphatic rings. The largest absolute Gasteiger partial charge is 0.0616 e. The molecule has 3 rings (SSSR count). The summed E-state index contributed by atoms with van der Waals surface area (Å²) in [4.78, 5) is 0. The quantitative estimate of drug-likeness (QED) is 0.537. The second-order valence-corrected chi connectivity index (χ2v) is 5.26. The molecule has 19 heavy (non-hydrogen) atoms. The van der Waals surface area contributed by atoms with Gasteiger partial charge in [-0.15, -0.1) is 0 Å². The molecule has 94 valence electrons. The summed E-state index contributed by atoms with van der Waals surface area (Å²) in [6.07, 6.45) is 0. The Morgan fingerprint density at radius 1 is 0.684 bits per heavy atom. The van der Waals surface area contributed by atoms with Crippen LogP contribution in [0, 0.1) is 20.8 Å². The first-order valence-electron chi connectivity index (χ1n) is 6.73. The van der Waals surface area contributed by atoms with Crippen LogP contribution in [0.1, 0.15) is 16.7 Å². The van der Waals surface area contributed by atoms with Gasteiger partial charge >= 0.3 is 0 Å². The summed E-state index contributed by atoms with van der Waals surface area (Å²) in [6.45, 7) is 6.57. The van der Waals surface area contributed by atoms with E-state index >= 15 is 0 Å². The summed E-state index contributed by atoms with van der Waals surface area (Å²) in [5.74, 6) is 0. The van der Waals surface area contributed by atoms with E-state index in [0.29, 0.717) is 0 Å². The van der Waals surface area contributed by atoms with Gasteiger partial charge in [-0.25, -0.2) is 0 Å². The van der Waals surface area contributed by atoms with Gasteiger partial charge in [0.25, 0.3) is 0 Å². The Morgan fingerprint density at radius 2 is 1.32 bits per heavy atom. The van der Waals surface area contributed by atoms with Crippen molar-refractivity contribution in [3.63, 3.8) is 0 Å². The molecule has 0 aliphatic heterocycles. The molecular weight excluding hydrogens is 228 g/mol. The SMILES string of the molecule is Cc1cc(-c2cccc3ccccc23)cc(C)c1C. The molecule has 0 radical (unpaired) electrons. The number of hydrogen-bond acceptors (Lipinski definition) is 0. The number of benzene rings is 3. The van der Waals surface area contributed by atoms with Crippen molar-refractivity contribution in [1.29, 1.82) is 0 Å². The van der Waals surface area contributed by atoms with Crippen molar-refractivity contribution in [2.75, 3.05) is 0 Å². The second-order valence-electron chi connectivity index (χ2n) is 5.26. The van der Waals surface area contributed by atoms with Crippen LogP contribution < -0.4 is 0 Å². The highest BCUT2D eigenvalue weighted by Crippen LogP contribution is 2.30. The van der Waals surface area contributed by atoms with Crippen molar-refractivity contribution in [3.8, 4) is 11.1 Å². The van der Waals surface area contributed by atoms with Crippen LogP contribution in [0.3, 0.4) is 0 Å². The molecule has 3 aromatic carbocycles. The first-order valence-corrected chi connectivity index (χ1v) is 6.73. The van der Waals surface area contributed by atoms with E-state index in [4.69, 9.17) is 0 Å². The summed E-state index contributed by atoms with van der Waals surface area (Å²) in [5.41, 5.74) is 6.76. The van der Waals surface area contributed by atoms with E-state index in [0.717, 1.165) is 0 Å². The highest BCUT2D eigenvalue weighted by atomic mass is 14.1. The van der Waals surface area contributed by atoms with Gasteiger partial charge in [0.1, 0.15) is 0 Å². The van der Waals surface area contributed by atoms with Gasteiger partial charge in [0.05, 0.1) is 0 Å². The van der Waals surface area contributed by atoms with E-state index in [1.165, 1.54) is 38.6 Å². The molecule has 3 aromatic rings. The summed E-state index contributed by atoms with van der Waals surface area (Å²) >= 11 is 0. The molecule has 0 saturated carbocycles. The molecule has 0 amide bonds. The van der Waals surface area contributed by atoms with Gasteiger partial charge in [0.2, 0.25) is 0 Å². The van der Waals surface area contributed by atoms with Crippen molar-refractivity contribution < 1.29 is 0 Å². The minimum absolute atomic E-state index is 1.30. The Labute approximate surface area is 114 Å². The van der Waals surface area contributed by atoms with Gasteiger partial charge < -0.3 is 0 Å². The van der Waals surface area contributed by atoms with Crippen LogP contribution in [0.4, 0.5) is 0 Å². The molecule has 0 aromatic heterocycles. The highest BCUT2D eigenvalue weighted by Gasteiger charge is 2.06. The zero-order chi connectivity index (χ0) is 13.4. The van der Waals surface area contributed by atoms with Crippen LogP contribution in [0.15, 0.2) is 54.6 Å². The molecule has 0 aliphatic carbocycles. The van der Waals surface area contributed by atoms with Crippen LogP contribution in [-0.4, -0.2) is 0 Å². The van der Waals surface area contributed by atoms with Gasteiger partial charge in [0.15, 0.2) is 0 Å². The van der Waals surface area contributed by atoms with Gasteiger partial charge in [-0.3, -0.25) is 0 Å². The standard InChI is InChI=1S/C19H18/c1-13-11-17(12-14(2)15(13)3)19-10-6-8-16-7-4-5-9-18(16)19/h4-12H,1-3H3. The maximum Gasteiger partial charge on any atom is -0.0105 e. The zero-order valence-corrected chi connectivity index (χ0v) is 11.7. The molecule has 0 heterocycles. The van der Waals surface area contributed by atoms with Crippen LogP contribution >= 0.6 is 0 Å². The fourth-order valence-corrected chi connectivity index (χ4v) is 2.67. The molecule has 0 unspecified atom stereocenters. The molecule has 0 atom stereocenters. The van der Waals surface area contributed by atoms with E-state index in [-0.39, 0.29) is 0 Å². The average molecular weight is 246 g/mol. The van der Waals surface area contributed by atoms with Crippen LogP contribution in [0.25, 0.3) is 21.9 Å². The summed E-state index contributed by atoms with van der Waals surface area (Å²) in [6, 6.07) is 19.7. The minimum atomic E-state index is 1.30. The average Bonchev–Trinajstić information content (AvgIpc) is 2.43. The minimum Gasteiger partial charge on any atom is -0.0616 e. The first-order chi connectivity index (χ1) is 9.16. The predicted octanol–water partition coefficient (Wildman–Crippen LogP) is 5.43. The Balaban J connectivity index is 2.31. The zero-order valence-electron chi connectivity index (χ0n) is 11.7. The maximum absolute atomic E-state index is 2.30. The molecule has 0 nitrogen and oxygen atoms in total. The maximum atomic E-state index is 2.30. The number of hydrogen-bond donors (Lipinski definition) is 0. The third-order valence-corrected chi connectivity index (χ3v) is 4.03. The Kier molecular flexibility index (Phi) is 2.87. The lowest BCUT2D eigenvalue weighted by atomic mass is 9.93. The molecular formula is C19H18. The monoisotopic (exact) mass is 246 g/mol. The predicted molar refractivity (Wildman–Crippen MR) is 83.6 cm³/mol. The van der Waals surface area contributed by atoms with Crippen molar-refractivity contribution >= 4 is 10.8 Å². The molecule has 0 heteroatoms. The number of fused-ring (bicyclic) bond motifs is 1. The second kappa shape index (κ2) is 4.55. The van der Waals surface area contributed by atoms with Gasteiger partial charge in [-0.1, -0.05) is 54.6 Å². The normalized spacial score (nSPS) is 10.9. The van der Waals surface area contributed by atoms with Crippen LogP contribution in [0.5, 0.6) is 0 Å². The summed E-state index contributed by atoms with van der Waals surface area (Å²) in [5, 5.41) is 2.63. The molecule has 0 N–H and O–H groups in total. The lowest BCUT2D eigenvalue weighted by molar-refractivity contribution is 1.27. The van der Waals surface area contributed by atoms with E-state index < -0.39 is 0 Å². The Morgan fingerprint density at radius 3 is 2.05 bits per heavy atom. The molecule has 0 fully saturated rings. The van der Waals surface area contributed by atoms with Crippen molar-refractivity contribution in [1.82, 2.24) is 0 Å². The topological polar surface area (TPSA) is 0 Å². The smallest absolute Gasteiger partial charge is 0.0105 e. The fraction of sp³-hybridized carbons (Fsp3) is 0.158. The van der Waals surface area contributed by atoms with Gasteiger partial charge in [-0.05, 0) is 59.4 Å². The summed E-state index contributed by atoms with van der Waals surface area (Å²) < 4.78 is 0. The lowest BCUT2D eigenvalue weighted by Crippen LogP contribution is -1.89. The Hall–Kier alpha value is -2.08. The van der Waals surface area contributed by atoms with E-state index in [1.807, 2.05) is 0 Å². The van der Waals surface area contributed by atoms with Crippen LogP contribution in [-0.2, 0) is 0 Å². The Bertz CT molecular complexity index is 723. The van der Waals surface area contributed by atoms with E-state index in [9.17, 15) is 0 Å². The van der Waals surface area contributed by atoms with Crippen LogP contribution in [0.2, 0.25) is 0 Å². The van der Waals surface area contributed by atoms with Crippen molar-refractivity contribution in [2.24, 2.45) is 0 Å². The number of aryl methyl sites for hydroxylation is 2. The van der Waals surface area contributed by atoms with E-state index in [1.54, 1.807) is 0 Å². The summed E-state index contributed by atoms with van der Waals surface area (Å²) in [7, 11) is 0. The highest BCUT2D eigenvalue weighted by molar-refractivity contribution is 5.96.